The Morgan fingerprint density at radius 2 is 1.82 bits per heavy atom. The Hall–Kier alpha value is -2.56. The van der Waals surface area contributed by atoms with Gasteiger partial charge in [-0.3, -0.25) is 4.79 Å². The maximum Gasteiger partial charge on any atom is 0.224 e. The molecule has 0 aliphatic heterocycles. The topological polar surface area (TPSA) is 47.6 Å². The second kappa shape index (κ2) is 7.45. The van der Waals surface area contributed by atoms with E-state index in [2.05, 4.69) is 5.32 Å². The van der Waals surface area contributed by atoms with E-state index < -0.39 is 0 Å². The van der Waals surface area contributed by atoms with E-state index >= 15 is 0 Å². The van der Waals surface area contributed by atoms with E-state index in [1.807, 2.05) is 6.07 Å². The summed E-state index contributed by atoms with van der Waals surface area (Å²) in [5.74, 6) is 0.924. The minimum atomic E-state index is -0.315. The van der Waals surface area contributed by atoms with Crippen LogP contribution in [-0.4, -0.2) is 20.1 Å². The summed E-state index contributed by atoms with van der Waals surface area (Å²) in [7, 11) is 3.16. The minimum absolute atomic E-state index is 0.142. The second-order valence-electron chi connectivity index (χ2n) is 4.76. The lowest BCUT2D eigenvalue weighted by atomic mass is 10.1. The Morgan fingerprint density at radius 3 is 2.45 bits per heavy atom. The van der Waals surface area contributed by atoms with Gasteiger partial charge in [0.05, 0.1) is 20.6 Å². The molecule has 0 atom stereocenters. The van der Waals surface area contributed by atoms with Gasteiger partial charge in [0.2, 0.25) is 5.91 Å². The summed E-state index contributed by atoms with van der Waals surface area (Å²) in [6, 6.07) is 11.3. The summed E-state index contributed by atoms with van der Waals surface area (Å²) in [4.78, 5) is 11.9. The molecule has 2 aromatic rings. The molecule has 0 saturated heterocycles. The highest BCUT2D eigenvalue weighted by Crippen LogP contribution is 2.23. The smallest absolute Gasteiger partial charge is 0.224 e. The predicted octanol–water partition coefficient (Wildman–Crippen LogP) is 2.70. The van der Waals surface area contributed by atoms with Crippen molar-refractivity contribution in [3.8, 4) is 11.5 Å². The molecular weight excluding hydrogens is 285 g/mol. The minimum Gasteiger partial charge on any atom is -0.497 e. The Labute approximate surface area is 128 Å². The summed E-state index contributed by atoms with van der Waals surface area (Å²) in [5.41, 5.74) is 1.59. The summed E-state index contributed by atoms with van der Waals surface area (Å²) in [5, 5.41) is 2.82. The van der Waals surface area contributed by atoms with Crippen LogP contribution < -0.4 is 14.8 Å². The van der Waals surface area contributed by atoms with Crippen LogP contribution in [0.5, 0.6) is 11.5 Å². The predicted molar refractivity (Wildman–Crippen MR) is 81.5 cm³/mol. The van der Waals surface area contributed by atoms with Gasteiger partial charge in [-0.05, 0) is 35.9 Å². The van der Waals surface area contributed by atoms with Crippen molar-refractivity contribution in [2.24, 2.45) is 0 Å². The Kier molecular flexibility index (Phi) is 5.36. The molecule has 22 heavy (non-hydrogen) atoms. The molecule has 0 bridgehead atoms. The van der Waals surface area contributed by atoms with Gasteiger partial charge in [0.25, 0.3) is 0 Å². The fraction of sp³-hybridized carbons (Fsp3) is 0.235. The number of carbonyl (C=O) groups excluding carboxylic acids is 1. The third-order valence-corrected chi connectivity index (χ3v) is 3.24. The third-order valence-electron chi connectivity index (χ3n) is 3.24. The molecule has 0 unspecified atom stereocenters. The van der Waals surface area contributed by atoms with Crippen LogP contribution in [0.1, 0.15) is 11.1 Å². The molecule has 4 nitrogen and oxygen atoms in total. The Balaban J connectivity index is 1.97. The van der Waals surface area contributed by atoms with Crippen LogP contribution in [0.15, 0.2) is 42.5 Å². The summed E-state index contributed by atoms with van der Waals surface area (Å²) >= 11 is 0. The van der Waals surface area contributed by atoms with Crippen molar-refractivity contribution in [3.63, 3.8) is 0 Å². The number of benzene rings is 2. The third kappa shape index (κ3) is 4.22. The van der Waals surface area contributed by atoms with Gasteiger partial charge in [-0.15, -0.1) is 0 Å². The number of hydrogen-bond donors (Lipinski definition) is 1. The average Bonchev–Trinajstić information content (AvgIpc) is 2.54. The standard InChI is InChI=1S/C17H18FNO3/c1-21-15-7-8-16(22-2)13(10-15)11-19-17(20)9-12-3-5-14(18)6-4-12/h3-8,10H,9,11H2,1-2H3,(H,19,20). The van der Waals surface area contributed by atoms with Crippen molar-refractivity contribution in [3.05, 3.63) is 59.4 Å². The highest BCUT2D eigenvalue weighted by atomic mass is 19.1. The molecule has 0 heterocycles. The molecule has 1 amide bonds. The number of methoxy groups -OCH3 is 2. The molecular formula is C17H18FNO3. The molecule has 2 aromatic carbocycles. The first-order valence-electron chi connectivity index (χ1n) is 6.84. The van der Waals surface area contributed by atoms with Crippen molar-refractivity contribution in [2.45, 2.75) is 13.0 Å². The van der Waals surface area contributed by atoms with Crippen molar-refractivity contribution >= 4 is 5.91 Å². The molecule has 0 spiro atoms. The Bertz CT molecular complexity index is 641. The van der Waals surface area contributed by atoms with Crippen LogP contribution in [0.3, 0.4) is 0 Å². The van der Waals surface area contributed by atoms with Crippen LogP contribution in [0.25, 0.3) is 0 Å². The zero-order chi connectivity index (χ0) is 15.9. The summed E-state index contributed by atoms with van der Waals surface area (Å²) < 4.78 is 23.2. The average molecular weight is 303 g/mol. The molecule has 2 rings (SSSR count). The molecule has 0 fully saturated rings. The number of amides is 1. The van der Waals surface area contributed by atoms with Gasteiger partial charge >= 0.3 is 0 Å². The highest BCUT2D eigenvalue weighted by molar-refractivity contribution is 5.78. The van der Waals surface area contributed by atoms with Gasteiger partial charge in [0, 0.05) is 12.1 Å². The fourth-order valence-corrected chi connectivity index (χ4v) is 2.06. The van der Waals surface area contributed by atoms with Gasteiger partial charge in [-0.2, -0.15) is 0 Å². The van der Waals surface area contributed by atoms with E-state index in [1.54, 1.807) is 38.5 Å². The maximum absolute atomic E-state index is 12.8. The number of ether oxygens (including phenoxy) is 2. The molecule has 0 aromatic heterocycles. The largest absolute Gasteiger partial charge is 0.497 e. The number of nitrogens with one attached hydrogen (secondary N) is 1. The number of halogens is 1. The maximum atomic E-state index is 12.8. The zero-order valence-electron chi connectivity index (χ0n) is 12.6. The van der Waals surface area contributed by atoms with Crippen LogP contribution in [0.2, 0.25) is 0 Å². The van der Waals surface area contributed by atoms with Gasteiger partial charge in [0.1, 0.15) is 17.3 Å². The van der Waals surface area contributed by atoms with Gasteiger partial charge in [-0.1, -0.05) is 12.1 Å². The van der Waals surface area contributed by atoms with Gasteiger partial charge in [0.15, 0.2) is 0 Å². The summed E-state index contributed by atoms with van der Waals surface area (Å²) in [6.07, 6.45) is 0.201. The first-order chi connectivity index (χ1) is 10.6. The van der Waals surface area contributed by atoms with E-state index in [1.165, 1.54) is 12.1 Å². The zero-order valence-corrected chi connectivity index (χ0v) is 12.6. The van der Waals surface area contributed by atoms with E-state index in [4.69, 9.17) is 9.47 Å². The van der Waals surface area contributed by atoms with Crippen LogP contribution >= 0.6 is 0 Å². The lowest BCUT2D eigenvalue weighted by Crippen LogP contribution is -2.24. The van der Waals surface area contributed by atoms with Crippen LogP contribution in [0.4, 0.5) is 4.39 Å². The first kappa shape index (κ1) is 15.8. The van der Waals surface area contributed by atoms with Crippen molar-refractivity contribution < 1.29 is 18.7 Å². The van der Waals surface area contributed by atoms with Crippen LogP contribution in [-0.2, 0) is 17.8 Å². The molecule has 5 heteroatoms. The second-order valence-corrected chi connectivity index (χ2v) is 4.76. The SMILES string of the molecule is COc1ccc(OC)c(CNC(=O)Cc2ccc(F)cc2)c1. The molecule has 1 N–H and O–H groups in total. The molecule has 0 saturated carbocycles. The van der Waals surface area contributed by atoms with E-state index in [-0.39, 0.29) is 18.1 Å². The Morgan fingerprint density at radius 1 is 1.09 bits per heavy atom. The number of rotatable bonds is 6. The monoisotopic (exact) mass is 303 g/mol. The van der Waals surface area contributed by atoms with Crippen molar-refractivity contribution in [1.29, 1.82) is 0 Å². The number of carbonyl (C=O) groups is 1. The van der Waals surface area contributed by atoms with Gasteiger partial charge < -0.3 is 14.8 Å². The van der Waals surface area contributed by atoms with Crippen molar-refractivity contribution in [2.75, 3.05) is 14.2 Å². The highest BCUT2D eigenvalue weighted by Gasteiger charge is 2.08. The molecule has 0 aliphatic rings. The van der Waals surface area contributed by atoms with Gasteiger partial charge in [-0.25, -0.2) is 4.39 Å². The lowest BCUT2D eigenvalue weighted by Gasteiger charge is -2.11. The van der Waals surface area contributed by atoms with Crippen molar-refractivity contribution in [1.82, 2.24) is 5.32 Å². The normalized spacial score (nSPS) is 10.1. The molecule has 0 radical (unpaired) electrons. The first-order valence-corrected chi connectivity index (χ1v) is 6.84. The van der Waals surface area contributed by atoms with E-state index in [0.717, 1.165) is 11.1 Å². The van der Waals surface area contributed by atoms with Crippen LogP contribution in [0, 0.1) is 5.82 Å². The van der Waals surface area contributed by atoms with E-state index in [9.17, 15) is 9.18 Å². The lowest BCUT2D eigenvalue weighted by molar-refractivity contribution is -0.120. The fourth-order valence-electron chi connectivity index (χ4n) is 2.06. The molecule has 0 aliphatic carbocycles. The molecule has 116 valence electrons. The number of hydrogen-bond acceptors (Lipinski definition) is 3. The quantitative estimate of drug-likeness (QED) is 0.892. The summed E-state index contributed by atoms with van der Waals surface area (Å²) in [6.45, 7) is 0.334. The van der Waals surface area contributed by atoms with E-state index in [0.29, 0.717) is 18.0 Å².